The summed E-state index contributed by atoms with van der Waals surface area (Å²) in [6.45, 7) is 13.4. The highest BCUT2D eigenvalue weighted by atomic mass is 32.2. The third-order valence-corrected chi connectivity index (χ3v) is 10.2. The number of hydrogen-bond acceptors (Lipinski definition) is 5. The summed E-state index contributed by atoms with van der Waals surface area (Å²) in [7, 11) is -2.77. The van der Waals surface area contributed by atoms with E-state index in [2.05, 4.69) is 65.6 Å². The third-order valence-electron chi connectivity index (χ3n) is 9.07. The van der Waals surface area contributed by atoms with Gasteiger partial charge in [-0.25, -0.2) is 4.21 Å². The summed E-state index contributed by atoms with van der Waals surface area (Å²) in [5.74, 6) is 4.90. The van der Waals surface area contributed by atoms with Gasteiger partial charge in [0.05, 0.1) is 31.5 Å². The number of aryl methyl sites for hydroxylation is 2. The van der Waals surface area contributed by atoms with Crippen LogP contribution in [-0.2, 0) is 22.7 Å². The molecular weight excluding hydrogens is 526 g/mol. The molecule has 1 unspecified atom stereocenters. The molecule has 0 aromatic heterocycles. The van der Waals surface area contributed by atoms with Crippen molar-refractivity contribution >= 4 is 27.0 Å². The molecule has 6 nitrogen and oxygen atoms in total. The molecule has 5 rings (SSSR count). The number of para-hydroxylation sites is 2. The molecule has 2 N–H and O–H groups in total. The van der Waals surface area contributed by atoms with Crippen LogP contribution in [0.25, 0.3) is 0 Å². The number of anilines is 2. The van der Waals surface area contributed by atoms with Gasteiger partial charge in [-0.2, -0.15) is 5.26 Å². The smallest absolute Gasteiger partial charge is 0.101 e. The van der Waals surface area contributed by atoms with E-state index in [1.165, 1.54) is 22.3 Å². The van der Waals surface area contributed by atoms with Crippen LogP contribution in [-0.4, -0.2) is 54.2 Å². The first kappa shape index (κ1) is 29.2. The van der Waals surface area contributed by atoms with Crippen molar-refractivity contribution in [1.82, 2.24) is 4.90 Å². The van der Waals surface area contributed by atoms with E-state index in [4.69, 9.17) is 5.14 Å². The number of nitrogens with two attached hydrogens (primary N) is 1. The summed E-state index contributed by atoms with van der Waals surface area (Å²) in [5.41, 5.74) is 8.40. The van der Waals surface area contributed by atoms with Crippen LogP contribution in [0.15, 0.2) is 65.6 Å². The van der Waals surface area contributed by atoms with Gasteiger partial charge in [0.1, 0.15) is 6.07 Å². The third kappa shape index (κ3) is 6.62. The Morgan fingerprint density at radius 3 is 2.27 bits per heavy atom. The maximum absolute atomic E-state index is 12.5. The topological polar surface area (TPSA) is 76.6 Å². The van der Waals surface area contributed by atoms with Gasteiger partial charge in [-0.3, -0.25) is 10.0 Å². The summed E-state index contributed by atoms with van der Waals surface area (Å²) < 4.78 is 12.5. The Hall–Kier alpha value is -3.31. The van der Waals surface area contributed by atoms with Crippen molar-refractivity contribution in [1.29, 1.82) is 5.26 Å². The Bertz CT molecular complexity index is 1530. The van der Waals surface area contributed by atoms with Crippen LogP contribution in [0, 0.1) is 37.0 Å². The quantitative estimate of drug-likeness (QED) is 0.398. The molecule has 2 fully saturated rings. The van der Waals surface area contributed by atoms with E-state index in [1.807, 2.05) is 42.5 Å². The summed E-state index contributed by atoms with van der Waals surface area (Å²) in [6.07, 6.45) is 2.23. The number of rotatable bonds is 7. The fourth-order valence-corrected chi connectivity index (χ4v) is 7.44. The maximum atomic E-state index is 12.5. The second-order valence-electron chi connectivity index (χ2n) is 12.0. The van der Waals surface area contributed by atoms with Crippen LogP contribution in [0.5, 0.6) is 0 Å². The molecule has 216 valence electrons. The lowest BCUT2D eigenvalue weighted by Crippen LogP contribution is -2.46. The van der Waals surface area contributed by atoms with Gasteiger partial charge < -0.3 is 9.80 Å². The Kier molecular flexibility index (Phi) is 8.74. The molecule has 0 amide bonds. The van der Waals surface area contributed by atoms with Crippen LogP contribution in [0.1, 0.15) is 41.2 Å². The highest BCUT2D eigenvalue weighted by Crippen LogP contribution is 2.33. The maximum Gasteiger partial charge on any atom is 0.101 e. The Labute approximate surface area is 246 Å². The van der Waals surface area contributed by atoms with E-state index < -0.39 is 9.71 Å². The van der Waals surface area contributed by atoms with Gasteiger partial charge in [-0.15, -0.1) is 0 Å². The Morgan fingerprint density at radius 2 is 1.59 bits per heavy atom. The second-order valence-corrected chi connectivity index (χ2v) is 13.9. The van der Waals surface area contributed by atoms with Gasteiger partial charge in [0.15, 0.2) is 0 Å². The zero-order chi connectivity index (χ0) is 29.1. The average Bonchev–Trinajstić information content (AvgIpc) is 2.96. The molecule has 2 aliphatic heterocycles. The normalized spacial score (nSPS) is 21.3. The largest absolute Gasteiger partial charge is 0.370 e. The predicted octanol–water partition coefficient (Wildman–Crippen LogP) is 5.15. The van der Waals surface area contributed by atoms with E-state index in [1.54, 1.807) is 0 Å². The molecule has 3 atom stereocenters. The van der Waals surface area contributed by atoms with Crippen molar-refractivity contribution in [3.8, 4) is 6.07 Å². The van der Waals surface area contributed by atoms with Gasteiger partial charge in [0.25, 0.3) is 0 Å². The molecular formula is C34H43N5OS. The highest BCUT2D eigenvalue weighted by Gasteiger charge is 2.28. The molecule has 2 aliphatic rings. The fraction of sp³-hybridized carbons (Fsp3) is 0.412. The molecule has 41 heavy (non-hydrogen) atoms. The van der Waals surface area contributed by atoms with Crippen LogP contribution in [0.4, 0.5) is 11.4 Å². The van der Waals surface area contributed by atoms with Crippen LogP contribution < -0.4 is 14.9 Å². The number of piperidine rings is 1. The minimum atomic E-state index is -2.77. The first-order chi connectivity index (χ1) is 19.6. The van der Waals surface area contributed by atoms with Gasteiger partial charge in [-0.05, 0) is 90.9 Å². The number of hydrogen-bond donors (Lipinski definition) is 1. The number of benzene rings is 3. The molecule has 0 radical (unpaired) electrons. The molecule has 2 heterocycles. The minimum absolute atomic E-state index is 0.553. The van der Waals surface area contributed by atoms with Gasteiger partial charge in [-0.1, -0.05) is 43.3 Å². The van der Waals surface area contributed by atoms with E-state index in [0.29, 0.717) is 16.7 Å². The number of nitriles is 1. The molecule has 3 aromatic rings. The lowest BCUT2D eigenvalue weighted by Gasteiger charge is -2.39. The van der Waals surface area contributed by atoms with E-state index in [-0.39, 0.29) is 0 Å². The van der Waals surface area contributed by atoms with E-state index in [0.717, 1.165) is 75.6 Å². The van der Waals surface area contributed by atoms with E-state index >= 15 is 0 Å². The molecule has 2 saturated heterocycles. The number of piperazine rings is 1. The molecule has 3 aromatic carbocycles. The van der Waals surface area contributed by atoms with Crippen molar-refractivity contribution in [3.05, 3.63) is 88.5 Å². The molecule has 0 spiro atoms. The van der Waals surface area contributed by atoms with Crippen LogP contribution in [0.3, 0.4) is 0 Å². The first-order valence-electron chi connectivity index (χ1n) is 14.7. The van der Waals surface area contributed by atoms with Crippen molar-refractivity contribution in [2.45, 2.75) is 45.1 Å². The van der Waals surface area contributed by atoms with Crippen molar-refractivity contribution in [3.63, 3.8) is 0 Å². The van der Waals surface area contributed by atoms with Crippen molar-refractivity contribution < 1.29 is 4.21 Å². The standard InChI is InChI=1S/C34H43N5OS/c1-25-19-26(2)31(24-37-15-17-38(18-16-37)33-11-7-8-12-34(33)41(4,36)40)21-30(25)20-28-13-14-39(23-27(28)3)32-10-6-5-9-29(32)22-35/h5-12,19,21,27-28H,4,13-18,20,23-24H2,1-3H3,(H2,36,40)/t27-,28+,41?/m1/s1. The predicted molar refractivity (Wildman–Crippen MR) is 172 cm³/mol. The Morgan fingerprint density at radius 1 is 0.927 bits per heavy atom. The minimum Gasteiger partial charge on any atom is -0.370 e. The monoisotopic (exact) mass is 569 g/mol. The molecule has 7 heteroatoms. The zero-order valence-electron chi connectivity index (χ0n) is 24.7. The van der Waals surface area contributed by atoms with E-state index in [9.17, 15) is 9.47 Å². The molecule has 0 aliphatic carbocycles. The Balaban J connectivity index is 1.22. The lowest BCUT2D eigenvalue weighted by atomic mass is 9.80. The SMILES string of the molecule is C=S(N)(=O)c1ccccc1N1CCN(Cc2cc(C[C@@H]3CCN(c4ccccc4C#N)C[C@H]3C)c(C)cc2C)CC1. The van der Waals surface area contributed by atoms with Gasteiger partial charge in [0.2, 0.25) is 0 Å². The summed E-state index contributed by atoms with van der Waals surface area (Å²) in [5, 5.41) is 15.5. The van der Waals surface area contributed by atoms with Gasteiger partial charge in [0, 0.05) is 45.8 Å². The molecule has 0 saturated carbocycles. The first-order valence-corrected chi connectivity index (χ1v) is 16.5. The highest BCUT2D eigenvalue weighted by molar-refractivity contribution is 7.98. The van der Waals surface area contributed by atoms with Crippen molar-refractivity contribution in [2.24, 2.45) is 17.0 Å². The molecule has 0 bridgehead atoms. The number of nitrogens with zero attached hydrogens (tertiary/aromatic N) is 4. The van der Waals surface area contributed by atoms with Crippen LogP contribution >= 0.6 is 0 Å². The van der Waals surface area contributed by atoms with Gasteiger partial charge >= 0.3 is 0 Å². The summed E-state index contributed by atoms with van der Waals surface area (Å²) >= 11 is 0. The second kappa shape index (κ2) is 12.3. The zero-order valence-corrected chi connectivity index (χ0v) is 25.5. The fourth-order valence-electron chi connectivity index (χ4n) is 6.58. The average molecular weight is 570 g/mol. The van der Waals surface area contributed by atoms with Crippen molar-refractivity contribution in [2.75, 3.05) is 49.1 Å². The summed E-state index contributed by atoms with van der Waals surface area (Å²) in [4.78, 5) is 7.85. The van der Waals surface area contributed by atoms with Crippen LogP contribution in [0.2, 0.25) is 0 Å². The lowest BCUT2D eigenvalue weighted by molar-refractivity contribution is 0.249. The summed E-state index contributed by atoms with van der Waals surface area (Å²) in [6, 6.07) is 22.9.